The van der Waals surface area contributed by atoms with Crippen LogP contribution >= 0.6 is 11.3 Å². The number of aromatic nitrogens is 3. The van der Waals surface area contributed by atoms with Crippen molar-refractivity contribution in [3.05, 3.63) is 34.8 Å². The molecule has 0 radical (unpaired) electrons. The Morgan fingerprint density at radius 3 is 3.06 bits per heavy atom. The maximum Gasteiger partial charge on any atom is 0.108 e. The second kappa shape index (κ2) is 5.20. The lowest BCUT2D eigenvalue weighted by Gasteiger charge is -2.13. The number of hydrazine groups is 1. The molecule has 0 aliphatic heterocycles. The van der Waals surface area contributed by atoms with Crippen LogP contribution in [0.5, 0.6) is 0 Å². The van der Waals surface area contributed by atoms with Gasteiger partial charge in [-0.1, -0.05) is 0 Å². The summed E-state index contributed by atoms with van der Waals surface area (Å²) in [5.74, 6) is 6.62. The molecule has 0 bridgehead atoms. The fraction of sp³-hybridized carbons (Fsp3) is 0.400. The summed E-state index contributed by atoms with van der Waals surface area (Å²) in [7, 11) is 2.00. The molecule has 2 aromatic rings. The third-order valence-electron chi connectivity index (χ3n) is 2.57. The summed E-state index contributed by atoms with van der Waals surface area (Å²) in [5, 5.41) is 0. The van der Waals surface area contributed by atoms with Gasteiger partial charge >= 0.3 is 0 Å². The van der Waals surface area contributed by atoms with Crippen molar-refractivity contribution < 1.29 is 0 Å². The van der Waals surface area contributed by atoms with Crippen LogP contribution in [-0.2, 0) is 13.5 Å². The molecule has 0 aliphatic carbocycles. The third kappa shape index (κ3) is 2.46. The lowest BCUT2D eigenvalue weighted by Crippen LogP contribution is -2.28. The van der Waals surface area contributed by atoms with Gasteiger partial charge in [-0.25, -0.2) is 4.98 Å². The minimum absolute atomic E-state index is 0.157. The van der Waals surface area contributed by atoms with E-state index in [1.54, 1.807) is 11.3 Å². The van der Waals surface area contributed by atoms with Gasteiger partial charge in [-0.2, -0.15) is 0 Å². The second-order valence-corrected chi connectivity index (χ2v) is 4.53. The Labute approximate surface area is 98.3 Å². The SMILES string of the molecule is Cn1ccnc1CCC(NN)c1cncs1. The third-order valence-corrected chi connectivity index (χ3v) is 3.46. The lowest BCUT2D eigenvalue weighted by atomic mass is 10.1. The summed E-state index contributed by atoms with van der Waals surface area (Å²) in [4.78, 5) is 9.50. The van der Waals surface area contributed by atoms with Crippen LogP contribution in [0.25, 0.3) is 0 Å². The van der Waals surface area contributed by atoms with Gasteiger partial charge in [-0.05, 0) is 6.42 Å². The van der Waals surface area contributed by atoms with E-state index in [-0.39, 0.29) is 6.04 Å². The minimum atomic E-state index is 0.157. The zero-order chi connectivity index (χ0) is 11.4. The lowest BCUT2D eigenvalue weighted by molar-refractivity contribution is 0.513. The van der Waals surface area contributed by atoms with Crippen molar-refractivity contribution in [3.63, 3.8) is 0 Å². The Morgan fingerprint density at radius 1 is 1.62 bits per heavy atom. The van der Waals surface area contributed by atoms with E-state index >= 15 is 0 Å². The maximum atomic E-state index is 5.54. The predicted octanol–water partition coefficient (Wildman–Crippen LogP) is 1.01. The molecule has 5 nitrogen and oxygen atoms in total. The molecule has 16 heavy (non-hydrogen) atoms. The van der Waals surface area contributed by atoms with E-state index in [4.69, 9.17) is 5.84 Å². The summed E-state index contributed by atoms with van der Waals surface area (Å²) in [5.41, 5.74) is 4.64. The first-order valence-electron chi connectivity index (χ1n) is 5.12. The molecule has 2 heterocycles. The molecule has 0 amide bonds. The normalized spacial score (nSPS) is 12.9. The van der Waals surface area contributed by atoms with Gasteiger partial charge in [0.15, 0.2) is 0 Å². The Balaban J connectivity index is 1.96. The van der Waals surface area contributed by atoms with Crippen molar-refractivity contribution in [1.82, 2.24) is 20.0 Å². The van der Waals surface area contributed by atoms with Crippen molar-refractivity contribution in [2.45, 2.75) is 18.9 Å². The largest absolute Gasteiger partial charge is 0.338 e. The quantitative estimate of drug-likeness (QED) is 0.601. The maximum absolute atomic E-state index is 5.54. The van der Waals surface area contributed by atoms with E-state index in [1.165, 1.54) is 0 Å². The van der Waals surface area contributed by atoms with Gasteiger partial charge < -0.3 is 4.57 Å². The van der Waals surface area contributed by atoms with Gasteiger partial charge in [0.25, 0.3) is 0 Å². The molecule has 0 fully saturated rings. The highest BCUT2D eigenvalue weighted by atomic mass is 32.1. The first-order chi connectivity index (χ1) is 7.81. The number of hydrogen-bond acceptors (Lipinski definition) is 5. The number of hydrogen-bond donors (Lipinski definition) is 2. The zero-order valence-electron chi connectivity index (χ0n) is 9.13. The summed E-state index contributed by atoms with van der Waals surface area (Å²) in [6.07, 6.45) is 7.44. The Kier molecular flexibility index (Phi) is 3.66. The number of aryl methyl sites for hydroxylation is 2. The molecule has 3 N–H and O–H groups in total. The molecule has 0 aliphatic rings. The van der Waals surface area contributed by atoms with E-state index < -0.39 is 0 Å². The van der Waals surface area contributed by atoms with Crippen molar-refractivity contribution in [2.75, 3.05) is 0 Å². The molecule has 86 valence electrons. The Morgan fingerprint density at radius 2 is 2.50 bits per heavy atom. The number of nitrogens with zero attached hydrogens (tertiary/aromatic N) is 3. The molecule has 0 aromatic carbocycles. The smallest absolute Gasteiger partial charge is 0.108 e. The standard InChI is InChI=1S/C10H15N5S/c1-15-5-4-13-10(15)3-2-8(14-11)9-6-12-7-16-9/h4-8,14H,2-3,11H2,1H3. The van der Waals surface area contributed by atoms with E-state index in [0.717, 1.165) is 23.5 Å². The molecular weight excluding hydrogens is 222 g/mol. The highest BCUT2D eigenvalue weighted by Crippen LogP contribution is 2.20. The van der Waals surface area contributed by atoms with Crippen LogP contribution in [0.15, 0.2) is 24.1 Å². The average Bonchev–Trinajstić information content (AvgIpc) is 2.92. The highest BCUT2D eigenvalue weighted by molar-refractivity contribution is 7.09. The van der Waals surface area contributed by atoms with E-state index in [1.807, 2.05) is 35.7 Å². The first-order valence-corrected chi connectivity index (χ1v) is 6.00. The van der Waals surface area contributed by atoms with Crippen molar-refractivity contribution >= 4 is 11.3 Å². The van der Waals surface area contributed by atoms with Crippen LogP contribution in [0.3, 0.4) is 0 Å². The fourth-order valence-electron chi connectivity index (χ4n) is 1.62. The number of nitrogens with one attached hydrogen (secondary N) is 1. The van der Waals surface area contributed by atoms with Gasteiger partial charge in [-0.3, -0.25) is 16.3 Å². The minimum Gasteiger partial charge on any atom is -0.338 e. The number of rotatable bonds is 5. The number of thiazole rings is 1. The van der Waals surface area contributed by atoms with E-state index in [9.17, 15) is 0 Å². The molecule has 2 rings (SSSR count). The van der Waals surface area contributed by atoms with Gasteiger partial charge in [0.1, 0.15) is 5.82 Å². The molecule has 0 saturated carbocycles. The highest BCUT2D eigenvalue weighted by Gasteiger charge is 2.12. The number of imidazole rings is 1. The molecule has 1 atom stereocenters. The summed E-state index contributed by atoms with van der Waals surface area (Å²) < 4.78 is 2.03. The Hall–Kier alpha value is -1.24. The monoisotopic (exact) mass is 237 g/mol. The van der Waals surface area contributed by atoms with E-state index in [2.05, 4.69) is 15.4 Å². The summed E-state index contributed by atoms with van der Waals surface area (Å²) in [6.45, 7) is 0. The molecule has 1 unspecified atom stereocenters. The molecular formula is C10H15N5S. The second-order valence-electron chi connectivity index (χ2n) is 3.62. The predicted molar refractivity (Wildman–Crippen MR) is 63.7 cm³/mol. The average molecular weight is 237 g/mol. The van der Waals surface area contributed by atoms with Crippen LogP contribution in [0.1, 0.15) is 23.2 Å². The van der Waals surface area contributed by atoms with Crippen molar-refractivity contribution in [2.24, 2.45) is 12.9 Å². The van der Waals surface area contributed by atoms with Crippen LogP contribution in [0.4, 0.5) is 0 Å². The molecule has 0 saturated heterocycles. The molecule has 2 aromatic heterocycles. The molecule has 6 heteroatoms. The van der Waals surface area contributed by atoms with Gasteiger partial charge in [-0.15, -0.1) is 11.3 Å². The van der Waals surface area contributed by atoms with Gasteiger partial charge in [0, 0.05) is 36.9 Å². The van der Waals surface area contributed by atoms with Crippen molar-refractivity contribution in [3.8, 4) is 0 Å². The zero-order valence-corrected chi connectivity index (χ0v) is 9.94. The van der Waals surface area contributed by atoms with E-state index in [0.29, 0.717) is 0 Å². The first kappa shape index (κ1) is 11.3. The van der Waals surface area contributed by atoms with Crippen LogP contribution in [0, 0.1) is 0 Å². The van der Waals surface area contributed by atoms with Gasteiger partial charge in [0.2, 0.25) is 0 Å². The van der Waals surface area contributed by atoms with Crippen LogP contribution in [0.2, 0.25) is 0 Å². The Bertz CT molecular complexity index is 422. The number of nitrogens with two attached hydrogens (primary N) is 1. The summed E-state index contributed by atoms with van der Waals surface area (Å²) in [6, 6.07) is 0.157. The topological polar surface area (TPSA) is 68.8 Å². The van der Waals surface area contributed by atoms with Crippen LogP contribution in [-0.4, -0.2) is 14.5 Å². The fourth-order valence-corrected chi connectivity index (χ4v) is 2.33. The summed E-state index contributed by atoms with van der Waals surface area (Å²) >= 11 is 1.62. The van der Waals surface area contributed by atoms with Gasteiger partial charge in [0.05, 0.1) is 11.6 Å². The van der Waals surface area contributed by atoms with Crippen LogP contribution < -0.4 is 11.3 Å². The molecule has 0 spiro atoms. The van der Waals surface area contributed by atoms with Crippen molar-refractivity contribution in [1.29, 1.82) is 0 Å².